The molecule has 3 rings (SSSR count). The number of aromatic nitrogens is 1. The molecule has 2 aromatic carbocycles. The van der Waals surface area contributed by atoms with Gasteiger partial charge >= 0.3 is 0 Å². The molecule has 5 nitrogen and oxygen atoms in total. The molecule has 25 heavy (non-hydrogen) atoms. The lowest BCUT2D eigenvalue weighted by molar-refractivity contribution is 0.0952. The maximum Gasteiger partial charge on any atom is 0.275 e. The Morgan fingerprint density at radius 1 is 1.16 bits per heavy atom. The molecule has 0 aliphatic rings. The molecule has 1 heterocycles. The molecule has 2 N–H and O–H groups in total. The number of para-hydroxylation sites is 1. The van der Waals surface area contributed by atoms with Gasteiger partial charge in [0.15, 0.2) is 0 Å². The van der Waals surface area contributed by atoms with Crippen molar-refractivity contribution < 1.29 is 9.90 Å². The van der Waals surface area contributed by atoms with Gasteiger partial charge in [0.2, 0.25) is 0 Å². The van der Waals surface area contributed by atoms with Gasteiger partial charge in [0, 0.05) is 28.1 Å². The molecular formula is C18H13Br2N3O2. The number of carbonyl (C=O) groups excluding carboxylic acids is 1. The smallest absolute Gasteiger partial charge is 0.275 e. The Hall–Kier alpha value is -2.38. The van der Waals surface area contributed by atoms with Crippen molar-refractivity contribution in [2.45, 2.75) is 0 Å². The standard InChI is InChI=1S/C18H13Br2N3O2/c19-13-8-15(17(24)16(20)9-13)18(25)22-21-10-12-6-7-23(11-12)14-4-2-1-3-5-14/h1-11,24H,(H,22,25)/b21-10-. The van der Waals surface area contributed by atoms with Crippen LogP contribution >= 0.6 is 31.9 Å². The highest BCUT2D eigenvalue weighted by atomic mass is 79.9. The normalized spacial score (nSPS) is 11.0. The number of nitrogens with one attached hydrogen (secondary N) is 1. The fourth-order valence-electron chi connectivity index (χ4n) is 2.21. The number of hydrogen-bond acceptors (Lipinski definition) is 3. The summed E-state index contributed by atoms with van der Waals surface area (Å²) in [6.45, 7) is 0. The minimum Gasteiger partial charge on any atom is -0.506 e. The number of hydrazone groups is 1. The van der Waals surface area contributed by atoms with E-state index >= 15 is 0 Å². The summed E-state index contributed by atoms with van der Waals surface area (Å²) >= 11 is 6.48. The second kappa shape index (κ2) is 7.67. The van der Waals surface area contributed by atoms with Gasteiger partial charge in [-0.2, -0.15) is 5.10 Å². The Balaban J connectivity index is 1.70. The molecule has 3 aromatic rings. The predicted molar refractivity (Wildman–Crippen MR) is 104 cm³/mol. The van der Waals surface area contributed by atoms with Gasteiger partial charge in [-0.1, -0.05) is 34.1 Å². The number of nitrogens with zero attached hydrogens (tertiary/aromatic N) is 2. The molecule has 0 unspecified atom stereocenters. The molecule has 0 aliphatic heterocycles. The van der Waals surface area contributed by atoms with Gasteiger partial charge in [0.05, 0.1) is 16.3 Å². The highest BCUT2D eigenvalue weighted by molar-refractivity contribution is 9.11. The Kier molecular flexibility index (Phi) is 5.35. The first-order valence-electron chi connectivity index (χ1n) is 7.29. The first-order valence-corrected chi connectivity index (χ1v) is 8.88. The number of hydrogen-bond donors (Lipinski definition) is 2. The van der Waals surface area contributed by atoms with Crippen LogP contribution in [-0.4, -0.2) is 21.8 Å². The van der Waals surface area contributed by atoms with Gasteiger partial charge < -0.3 is 9.67 Å². The zero-order chi connectivity index (χ0) is 17.8. The van der Waals surface area contributed by atoms with Gasteiger partial charge in [-0.15, -0.1) is 0 Å². The van der Waals surface area contributed by atoms with Crippen molar-refractivity contribution in [2.75, 3.05) is 0 Å². The highest BCUT2D eigenvalue weighted by Crippen LogP contribution is 2.31. The first-order chi connectivity index (χ1) is 12.0. The summed E-state index contributed by atoms with van der Waals surface area (Å²) in [6.07, 6.45) is 5.36. The monoisotopic (exact) mass is 461 g/mol. The zero-order valence-electron chi connectivity index (χ0n) is 12.9. The maximum absolute atomic E-state index is 12.2. The second-order valence-corrected chi connectivity index (χ2v) is 6.94. The predicted octanol–water partition coefficient (Wildman–Crippen LogP) is 4.47. The first kappa shape index (κ1) is 17.4. The van der Waals surface area contributed by atoms with Crippen LogP contribution in [0.3, 0.4) is 0 Å². The molecule has 0 saturated heterocycles. The Morgan fingerprint density at radius 3 is 2.68 bits per heavy atom. The van der Waals surface area contributed by atoms with E-state index in [1.54, 1.807) is 12.3 Å². The number of rotatable bonds is 4. The number of benzene rings is 2. The van der Waals surface area contributed by atoms with Gasteiger partial charge in [0.25, 0.3) is 5.91 Å². The van der Waals surface area contributed by atoms with Crippen molar-refractivity contribution in [1.29, 1.82) is 0 Å². The van der Waals surface area contributed by atoms with Crippen molar-refractivity contribution in [3.05, 3.63) is 81.0 Å². The van der Waals surface area contributed by atoms with Crippen LogP contribution < -0.4 is 5.43 Å². The van der Waals surface area contributed by atoms with E-state index < -0.39 is 5.91 Å². The number of amides is 1. The van der Waals surface area contributed by atoms with Crippen LogP contribution in [0.1, 0.15) is 15.9 Å². The zero-order valence-corrected chi connectivity index (χ0v) is 16.0. The van der Waals surface area contributed by atoms with Crippen molar-refractivity contribution in [1.82, 2.24) is 9.99 Å². The van der Waals surface area contributed by atoms with Crippen LogP contribution in [-0.2, 0) is 0 Å². The molecule has 0 bridgehead atoms. The fraction of sp³-hybridized carbons (Fsp3) is 0. The second-order valence-electron chi connectivity index (χ2n) is 5.17. The SMILES string of the molecule is O=C(N/N=C\c1ccn(-c2ccccc2)c1)c1cc(Br)cc(Br)c1O. The average molecular weight is 463 g/mol. The van der Waals surface area contributed by atoms with Gasteiger partial charge in [-0.25, -0.2) is 5.43 Å². The highest BCUT2D eigenvalue weighted by Gasteiger charge is 2.14. The molecule has 0 spiro atoms. The third kappa shape index (κ3) is 4.18. The third-order valence-electron chi connectivity index (χ3n) is 3.42. The van der Waals surface area contributed by atoms with E-state index in [4.69, 9.17) is 0 Å². The Morgan fingerprint density at radius 2 is 1.92 bits per heavy atom. The summed E-state index contributed by atoms with van der Waals surface area (Å²) in [5.41, 5.74) is 4.41. The van der Waals surface area contributed by atoms with Crippen molar-refractivity contribution in [3.63, 3.8) is 0 Å². The van der Waals surface area contributed by atoms with E-state index in [2.05, 4.69) is 42.4 Å². The molecule has 0 saturated carbocycles. The van der Waals surface area contributed by atoms with Crippen LogP contribution in [0.15, 0.2) is 75.0 Å². The minimum atomic E-state index is -0.502. The number of carbonyl (C=O) groups is 1. The van der Waals surface area contributed by atoms with E-state index in [0.717, 1.165) is 11.3 Å². The summed E-state index contributed by atoms with van der Waals surface area (Å²) in [4.78, 5) is 12.2. The van der Waals surface area contributed by atoms with E-state index in [-0.39, 0.29) is 11.3 Å². The number of halogens is 2. The molecule has 7 heteroatoms. The summed E-state index contributed by atoms with van der Waals surface area (Å²) < 4.78 is 3.06. The fourth-order valence-corrected chi connectivity index (χ4v) is 3.44. The molecule has 0 aliphatic carbocycles. The maximum atomic E-state index is 12.2. The Bertz CT molecular complexity index is 937. The van der Waals surface area contributed by atoms with Crippen LogP contribution in [0.2, 0.25) is 0 Å². The van der Waals surface area contributed by atoms with Gasteiger partial charge in [0.1, 0.15) is 5.75 Å². The number of phenols is 1. The topological polar surface area (TPSA) is 66.6 Å². The van der Waals surface area contributed by atoms with Crippen LogP contribution in [0.4, 0.5) is 0 Å². The lowest BCUT2D eigenvalue weighted by Crippen LogP contribution is -2.17. The molecule has 1 amide bonds. The lowest BCUT2D eigenvalue weighted by atomic mass is 10.2. The number of phenolic OH excluding ortho intramolecular Hbond substituents is 1. The van der Waals surface area contributed by atoms with Crippen LogP contribution in [0.25, 0.3) is 5.69 Å². The minimum absolute atomic E-state index is 0.125. The molecule has 1 aromatic heterocycles. The third-order valence-corrected chi connectivity index (χ3v) is 4.48. The molecule has 126 valence electrons. The molecule has 0 fully saturated rings. The van der Waals surface area contributed by atoms with E-state index in [0.29, 0.717) is 8.95 Å². The Labute approximate surface area is 161 Å². The largest absolute Gasteiger partial charge is 0.506 e. The summed E-state index contributed by atoms with van der Waals surface area (Å²) in [6, 6.07) is 14.9. The average Bonchev–Trinajstić information content (AvgIpc) is 3.07. The van der Waals surface area contributed by atoms with E-state index in [1.165, 1.54) is 6.07 Å². The van der Waals surface area contributed by atoms with E-state index in [1.807, 2.05) is 53.4 Å². The quantitative estimate of drug-likeness (QED) is 0.443. The van der Waals surface area contributed by atoms with Crippen molar-refractivity contribution in [3.8, 4) is 11.4 Å². The van der Waals surface area contributed by atoms with Crippen molar-refractivity contribution >= 4 is 44.0 Å². The molecule has 0 atom stereocenters. The lowest BCUT2D eigenvalue weighted by Gasteiger charge is -2.05. The summed E-state index contributed by atoms with van der Waals surface area (Å²) in [5, 5.41) is 13.9. The molecule has 0 radical (unpaired) electrons. The van der Waals surface area contributed by atoms with Crippen LogP contribution in [0, 0.1) is 0 Å². The number of aromatic hydroxyl groups is 1. The van der Waals surface area contributed by atoms with E-state index in [9.17, 15) is 9.90 Å². The summed E-state index contributed by atoms with van der Waals surface area (Å²) in [7, 11) is 0. The molecular weight excluding hydrogens is 450 g/mol. The van der Waals surface area contributed by atoms with Gasteiger partial charge in [-0.05, 0) is 46.3 Å². The van der Waals surface area contributed by atoms with Gasteiger partial charge in [-0.3, -0.25) is 4.79 Å². The van der Waals surface area contributed by atoms with Crippen LogP contribution in [0.5, 0.6) is 5.75 Å². The summed E-state index contributed by atoms with van der Waals surface area (Å²) in [5.74, 6) is -0.635. The van der Waals surface area contributed by atoms with Crippen molar-refractivity contribution in [2.24, 2.45) is 5.10 Å².